The van der Waals surface area contributed by atoms with Crippen LogP contribution in [0.25, 0.3) is 55.3 Å². The zero-order chi connectivity index (χ0) is 39.8. The summed E-state index contributed by atoms with van der Waals surface area (Å²) >= 11 is 0. The molecule has 2 unspecified atom stereocenters. The third-order valence-corrected chi connectivity index (χ3v) is 12.2. The van der Waals surface area contributed by atoms with Crippen LogP contribution in [-0.4, -0.2) is 6.04 Å². The van der Waals surface area contributed by atoms with Crippen LogP contribution < -0.4 is 9.80 Å². The maximum atomic E-state index is 2.53. The van der Waals surface area contributed by atoms with Gasteiger partial charge in [0.25, 0.3) is 0 Å². The van der Waals surface area contributed by atoms with Crippen LogP contribution in [0.1, 0.15) is 11.5 Å². The van der Waals surface area contributed by atoms with Crippen LogP contribution in [0.4, 0.5) is 28.4 Å². The number of hydrogen-bond donors (Lipinski definition) is 0. The molecule has 1 heterocycles. The molecular weight excluding hydrogens is 725 g/mol. The summed E-state index contributed by atoms with van der Waals surface area (Å²) in [6.07, 6.45) is 9.09. The van der Waals surface area contributed by atoms with Crippen LogP contribution in [0.5, 0.6) is 0 Å². The Balaban J connectivity index is 1.16. The van der Waals surface area contributed by atoms with Crippen LogP contribution in [0.15, 0.2) is 243 Å². The summed E-state index contributed by atoms with van der Waals surface area (Å²) in [5, 5.41) is 2.47. The van der Waals surface area contributed by atoms with Crippen molar-refractivity contribution < 1.29 is 0 Å². The van der Waals surface area contributed by atoms with Crippen molar-refractivity contribution in [2.24, 2.45) is 0 Å². The Labute approximate surface area is 352 Å². The van der Waals surface area contributed by atoms with E-state index in [0.717, 1.165) is 28.2 Å². The van der Waals surface area contributed by atoms with Crippen molar-refractivity contribution in [3.63, 3.8) is 0 Å². The summed E-state index contributed by atoms with van der Waals surface area (Å²) < 4.78 is 0. The molecule has 9 aromatic carbocycles. The number of rotatable bonds is 8. The summed E-state index contributed by atoms with van der Waals surface area (Å²) in [4.78, 5) is 5.02. The van der Waals surface area contributed by atoms with Crippen molar-refractivity contribution in [1.29, 1.82) is 0 Å². The number of anilines is 5. The van der Waals surface area contributed by atoms with E-state index in [1.54, 1.807) is 0 Å². The predicted molar refractivity (Wildman–Crippen MR) is 254 cm³/mol. The quantitative estimate of drug-likeness (QED) is 0.152. The van der Waals surface area contributed by atoms with E-state index in [0.29, 0.717) is 5.92 Å². The van der Waals surface area contributed by atoms with Crippen molar-refractivity contribution in [2.75, 3.05) is 9.80 Å². The Morgan fingerprint density at radius 3 is 1.88 bits per heavy atom. The van der Waals surface area contributed by atoms with Crippen LogP contribution in [0.2, 0.25) is 0 Å². The molecule has 60 heavy (non-hydrogen) atoms. The molecule has 2 atom stereocenters. The lowest BCUT2D eigenvalue weighted by Gasteiger charge is -2.32. The molecule has 2 nitrogen and oxygen atoms in total. The first-order valence-electron chi connectivity index (χ1n) is 20.8. The van der Waals surface area contributed by atoms with Crippen molar-refractivity contribution in [3.05, 3.63) is 248 Å². The second-order valence-corrected chi connectivity index (χ2v) is 15.6. The number of para-hydroxylation sites is 2. The number of fused-ring (bicyclic) bond motifs is 4. The molecule has 11 rings (SSSR count). The van der Waals surface area contributed by atoms with E-state index in [9.17, 15) is 0 Å². The fourth-order valence-electron chi connectivity index (χ4n) is 9.52. The zero-order valence-electron chi connectivity index (χ0n) is 33.1. The molecular formula is C58H42N2. The first-order chi connectivity index (χ1) is 29.8. The van der Waals surface area contributed by atoms with Gasteiger partial charge in [0.1, 0.15) is 0 Å². The smallest absolute Gasteiger partial charge is 0.0629 e. The highest BCUT2D eigenvalue weighted by Crippen LogP contribution is 2.51. The highest BCUT2D eigenvalue weighted by Gasteiger charge is 2.37. The molecule has 0 aromatic heterocycles. The third-order valence-electron chi connectivity index (χ3n) is 12.2. The molecule has 0 bridgehead atoms. The molecule has 0 fully saturated rings. The van der Waals surface area contributed by atoms with E-state index in [1.165, 1.54) is 61.1 Å². The fourth-order valence-corrected chi connectivity index (χ4v) is 9.52. The minimum atomic E-state index is 0.206. The second kappa shape index (κ2) is 15.2. The van der Waals surface area contributed by atoms with Gasteiger partial charge in [0.2, 0.25) is 0 Å². The Bertz CT molecular complexity index is 3060. The van der Waals surface area contributed by atoms with Gasteiger partial charge < -0.3 is 9.80 Å². The number of nitrogens with zero attached hydrogens (tertiary/aromatic N) is 2. The van der Waals surface area contributed by atoms with Crippen molar-refractivity contribution in [3.8, 4) is 44.5 Å². The van der Waals surface area contributed by atoms with Gasteiger partial charge in [-0.05, 0) is 92.2 Å². The topological polar surface area (TPSA) is 6.48 Å². The third kappa shape index (κ3) is 6.22. The van der Waals surface area contributed by atoms with E-state index in [4.69, 9.17) is 0 Å². The SMILES string of the molecule is C1=CC2c3ccccc3N(c3cccc(-c4c(-c5ccccc5)cccc4N(c4cccc(-c5cccc6ccccc56)c4)c4ccccc4-c4ccccc4)c3)C2C=C1. The standard InChI is InChI=1S/C58H42N2/c1-3-19-42(20-4-1)50-30-9-12-35-54(50)60(46-27-15-25-44(39-46)49-33-17-24-41-23-7-8-29-48(41)49)57-38-18-34-51(43-21-5-2-6-22-43)58(57)45-26-16-28-47(40-45)59-55-36-13-10-31-52(55)53-32-11-14-37-56(53)59/h1-40,52,55H. The Morgan fingerprint density at radius 2 is 1.00 bits per heavy atom. The predicted octanol–water partition coefficient (Wildman–Crippen LogP) is 15.7. The largest absolute Gasteiger partial charge is 0.333 e. The molecule has 284 valence electrons. The molecule has 2 aliphatic rings. The second-order valence-electron chi connectivity index (χ2n) is 15.6. The van der Waals surface area contributed by atoms with Gasteiger partial charge in [-0.3, -0.25) is 0 Å². The average molecular weight is 767 g/mol. The highest BCUT2D eigenvalue weighted by atomic mass is 15.2. The maximum absolute atomic E-state index is 2.53. The summed E-state index contributed by atoms with van der Waals surface area (Å²) in [7, 11) is 0. The van der Waals surface area contributed by atoms with Gasteiger partial charge >= 0.3 is 0 Å². The molecule has 0 radical (unpaired) electrons. The Morgan fingerprint density at radius 1 is 0.400 bits per heavy atom. The monoisotopic (exact) mass is 766 g/mol. The minimum absolute atomic E-state index is 0.206. The van der Waals surface area contributed by atoms with E-state index < -0.39 is 0 Å². The van der Waals surface area contributed by atoms with Crippen LogP contribution in [0.3, 0.4) is 0 Å². The van der Waals surface area contributed by atoms with Gasteiger partial charge in [-0.1, -0.05) is 200 Å². The summed E-state index contributed by atoms with van der Waals surface area (Å²) in [6.45, 7) is 0. The van der Waals surface area contributed by atoms with Gasteiger partial charge in [-0.2, -0.15) is 0 Å². The molecule has 0 saturated heterocycles. The zero-order valence-corrected chi connectivity index (χ0v) is 33.1. The summed E-state index contributed by atoms with van der Waals surface area (Å²) in [5.41, 5.74) is 16.5. The lowest BCUT2D eigenvalue weighted by Crippen LogP contribution is -2.28. The molecule has 0 saturated carbocycles. The Hall–Kier alpha value is -7.68. The molecule has 9 aromatic rings. The van der Waals surface area contributed by atoms with Gasteiger partial charge in [0, 0.05) is 34.1 Å². The lowest BCUT2D eigenvalue weighted by atomic mass is 9.90. The number of benzene rings is 9. The summed E-state index contributed by atoms with van der Waals surface area (Å²) in [6, 6.07) is 79.9. The average Bonchev–Trinajstić information content (AvgIpc) is 3.67. The molecule has 0 spiro atoms. The van der Waals surface area contributed by atoms with Crippen LogP contribution in [0, 0.1) is 0 Å². The first kappa shape index (κ1) is 35.5. The van der Waals surface area contributed by atoms with Crippen LogP contribution >= 0.6 is 0 Å². The van der Waals surface area contributed by atoms with E-state index in [1.807, 2.05) is 0 Å². The number of allylic oxidation sites excluding steroid dienone is 2. The van der Waals surface area contributed by atoms with Crippen molar-refractivity contribution in [2.45, 2.75) is 12.0 Å². The van der Waals surface area contributed by atoms with Crippen LogP contribution in [-0.2, 0) is 0 Å². The fraction of sp³-hybridized carbons (Fsp3) is 0.0345. The molecule has 2 heteroatoms. The molecule has 0 amide bonds. The molecule has 1 aliphatic heterocycles. The Kier molecular flexibility index (Phi) is 9.02. The minimum Gasteiger partial charge on any atom is -0.333 e. The lowest BCUT2D eigenvalue weighted by molar-refractivity contribution is 0.745. The van der Waals surface area contributed by atoms with Gasteiger partial charge in [-0.25, -0.2) is 0 Å². The molecule has 0 N–H and O–H groups in total. The summed E-state index contributed by atoms with van der Waals surface area (Å²) in [5.74, 6) is 0.306. The highest BCUT2D eigenvalue weighted by molar-refractivity contribution is 6.01. The van der Waals surface area contributed by atoms with E-state index in [2.05, 4.69) is 252 Å². The van der Waals surface area contributed by atoms with Crippen molar-refractivity contribution >= 4 is 39.2 Å². The van der Waals surface area contributed by atoms with Gasteiger partial charge in [-0.15, -0.1) is 0 Å². The van der Waals surface area contributed by atoms with Crippen molar-refractivity contribution in [1.82, 2.24) is 0 Å². The number of hydrogen-bond acceptors (Lipinski definition) is 2. The van der Waals surface area contributed by atoms with Gasteiger partial charge in [0.15, 0.2) is 0 Å². The molecule has 1 aliphatic carbocycles. The van der Waals surface area contributed by atoms with E-state index >= 15 is 0 Å². The van der Waals surface area contributed by atoms with E-state index in [-0.39, 0.29) is 6.04 Å². The van der Waals surface area contributed by atoms with Gasteiger partial charge in [0.05, 0.1) is 17.4 Å². The normalized spacial score (nSPS) is 15.2. The maximum Gasteiger partial charge on any atom is 0.0629 e. The first-order valence-corrected chi connectivity index (χ1v) is 20.8.